The van der Waals surface area contributed by atoms with Crippen molar-refractivity contribution in [3.8, 4) is 5.75 Å². The van der Waals surface area contributed by atoms with Crippen molar-refractivity contribution < 1.29 is 9.13 Å². The van der Waals surface area contributed by atoms with Gasteiger partial charge in [-0.3, -0.25) is 0 Å². The predicted molar refractivity (Wildman–Crippen MR) is 112 cm³/mol. The Morgan fingerprint density at radius 2 is 1.74 bits per heavy atom. The monoisotopic (exact) mass is 420 g/mol. The average Bonchev–Trinajstić information content (AvgIpc) is 2.69. The van der Waals surface area contributed by atoms with Gasteiger partial charge in [-0.1, -0.05) is 48.5 Å². The molecule has 1 unspecified atom stereocenters. The standard InChI is InChI=1S/C24H18BrFO/c25-23-14-17(26)7-12-24(23)27-18-8-11-20-16(13-18)6-10-21-19-4-2-1-3-15(19)5-9-22(20)21/h1-7,9-10,12,14,18H,8,11,13H2. The first-order chi connectivity index (χ1) is 13.2. The van der Waals surface area contributed by atoms with E-state index in [2.05, 4.69) is 64.5 Å². The minimum absolute atomic E-state index is 0.108. The molecule has 0 N–H and O–H groups in total. The lowest BCUT2D eigenvalue weighted by molar-refractivity contribution is 0.183. The van der Waals surface area contributed by atoms with Gasteiger partial charge >= 0.3 is 0 Å². The minimum atomic E-state index is -0.262. The quantitative estimate of drug-likeness (QED) is 0.323. The van der Waals surface area contributed by atoms with Gasteiger partial charge in [-0.05, 0) is 79.6 Å². The van der Waals surface area contributed by atoms with Gasteiger partial charge in [0.15, 0.2) is 0 Å². The van der Waals surface area contributed by atoms with E-state index < -0.39 is 0 Å². The van der Waals surface area contributed by atoms with E-state index in [0.717, 1.165) is 19.3 Å². The van der Waals surface area contributed by atoms with Crippen LogP contribution < -0.4 is 4.74 Å². The zero-order chi connectivity index (χ0) is 18.4. The van der Waals surface area contributed by atoms with Crippen molar-refractivity contribution in [3.05, 3.63) is 88.1 Å². The van der Waals surface area contributed by atoms with Crippen LogP contribution in [0.3, 0.4) is 0 Å². The minimum Gasteiger partial charge on any atom is -0.489 e. The number of rotatable bonds is 2. The molecule has 134 valence electrons. The van der Waals surface area contributed by atoms with E-state index >= 15 is 0 Å². The molecule has 0 radical (unpaired) electrons. The zero-order valence-corrected chi connectivity index (χ0v) is 16.3. The number of ether oxygens (including phenoxy) is 1. The summed E-state index contributed by atoms with van der Waals surface area (Å²) in [5.74, 6) is 0.443. The molecule has 1 aliphatic carbocycles. The van der Waals surface area contributed by atoms with Crippen molar-refractivity contribution in [2.75, 3.05) is 0 Å². The van der Waals surface area contributed by atoms with Crippen LogP contribution in [0.1, 0.15) is 17.5 Å². The molecule has 1 atom stereocenters. The molecule has 0 aliphatic heterocycles. The molecule has 1 aliphatic rings. The Balaban J connectivity index is 1.49. The third-order valence-corrected chi connectivity index (χ3v) is 6.11. The molecule has 4 aromatic carbocycles. The van der Waals surface area contributed by atoms with Crippen molar-refractivity contribution in [3.63, 3.8) is 0 Å². The van der Waals surface area contributed by atoms with Gasteiger partial charge in [0.25, 0.3) is 0 Å². The van der Waals surface area contributed by atoms with E-state index in [9.17, 15) is 4.39 Å². The SMILES string of the molecule is Fc1ccc(OC2CCc3c(ccc4c3ccc3ccccc34)C2)c(Br)c1. The van der Waals surface area contributed by atoms with Gasteiger partial charge in [0.2, 0.25) is 0 Å². The summed E-state index contributed by atoms with van der Waals surface area (Å²) in [7, 11) is 0. The van der Waals surface area contributed by atoms with E-state index in [1.807, 2.05) is 0 Å². The van der Waals surface area contributed by atoms with Crippen LogP contribution in [-0.2, 0) is 12.8 Å². The normalized spacial score (nSPS) is 16.4. The molecule has 3 heteroatoms. The Hall–Kier alpha value is -2.39. The summed E-state index contributed by atoms with van der Waals surface area (Å²) in [5.41, 5.74) is 2.79. The van der Waals surface area contributed by atoms with Gasteiger partial charge in [-0.15, -0.1) is 0 Å². The first kappa shape index (κ1) is 16.8. The number of aryl methyl sites for hydroxylation is 1. The highest BCUT2D eigenvalue weighted by Gasteiger charge is 2.22. The molecule has 5 rings (SSSR count). The number of fused-ring (bicyclic) bond motifs is 5. The maximum absolute atomic E-state index is 13.3. The van der Waals surface area contributed by atoms with Crippen molar-refractivity contribution >= 4 is 37.5 Å². The summed E-state index contributed by atoms with van der Waals surface area (Å²) in [5, 5.41) is 5.27. The van der Waals surface area contributed by atoms with E-state index in [4.69, 9.17) is 4.74 Å². The van der Waals surface area contributed by atoms with Crippen molar-refractivity contribution in [1.29, 1.82) is 0 Å². The lowest BCUT2D eigenvalue weighted by Gasteiger charge is -2.27. The average molecular weight is 421 g/mol. The molecule has 0 heterocycles. The van der Waals surface area contributed by atoms with Gasteiger partial charge in [-0.2, -0.15) is 0 Å². The molecule has 0 spiro atoms. The second kappa shape index (κ2) is 6.65. The smallest absolute Gasteiger partial charge is 0.134 e. The highest BCUT2D eigenvalue weighted by Crippen LogP contribution is 2.35. The molecule has 27 heavy (non-hydrogen) atoms. The Kier molecular flexibility index (Phi) is 4.13. The third-order valence-electron chi connectivity index (χ3n) is 5.49. The topological polar surface area (TPSA) is 9.23 Å². The third kappa shape index (κ3) is 3.00. The van der Waals surface area contributed by atoms with Crippen molar-refractivity contribution in [2.24, 2.45) is 0 Å². The molecule has 0 aromatic heterocycles. The predicted octanol–water partition coefficient (Wildman–Crippen LogP) is 6.83. The lowest BCUT2D eigenvalue weighted by Crippen LogP contribution is -2.25. The van der Waals surface area contributed by atoms with Crippen LogP contribution >= 0.6 is 15.9 Å². The maximum Gasteiger partial charge on any atom is 0.134 e. The fraction of sp³-hybridized carbons (Fsp3) is 0.167. The second-order valence-electron chi connectivity index (χ2n) is 7.14. The van der Waals surface area contributed by atoms with Crippen molar-refractivity contribution in [2.45, 2.75) is 25.4 Å². The first-order valence-corrected chi connectivity index (χ1v) is 10.0. The zero-order valence-electron chi connectivity index (χ0n) is 14.7. The van der Waals surface area contributed by atoms with Crippen LogP contribution in [-0.4, -0.2) is 6.10 Å². The molecule has 0 bridgehead atoms. The van der Waals surface area contributed by atoms with Gasteiger partial charge in [0.1, 0.15) is 17.7 Å². The van der Waals surface area contributed by atoms with E-state index in [1.165, 1.54) is 44.8 Å². The van der Waals surface area contributed by atoms with Crippen LogP contribution in [0.5, 0.6) is 5.75 Å². The highest BCUT2D eigenvalue weighted by molar-refractivity contribution is 9.10. The molecule has 0 amide bonds. The number of hydrogen-bond donors (Lipinski definition) is 0. The Morgan fingerprint density at radius 3 is 2.63 bits per heavy atom. The fourth-order valence-electron chi connectivity index (χ4n) is 4.19. The van der Waals surface area contributed by atoms with E-state index in [-0.39, 0.29) is 11.9 Å². The van der Waals surface area contributed by atoms with Gasteiger partial charge < -0.3 is 4.74 Å². The van der Waals surface area contributed by atoms with Crippen LogP contribution in [0.25, 0.3) is 21.5 Å². The van der Waals surface area contributed by atoms with Gasteiger partial charge in [-0.25, -0.2) is 4.39 Å². The van der Waals surface area contributed by atoms with Gasteiger partial charge in [0, 0.05) is 6.42 Å². The molecular formula is C24H18BrFO. The Bertz CT molecular complexity index is 1170. The number of halogens is 2. The van der Waals surface area contributed by atoms with Crippen LogP contribution in [0.15, 0.2) is 71.2 Å². The molecule has 0 saturated heterocycles. The van der Waals surface area contributed by atoms with Crippen LogP contribution in [0.4, 0.5) is 4.39 Å². The number of benzene rings is 4. The highest BCUT2D eigenvalue weighted by atomic mass is 79.9. The Morgan fingerprint density at radius 1 is 0.889 bits per heavy atom. The van der Waals surface area contributed by atoms with E-state index in [1.54, 1.807) is 6.07 Å². The van der Waals surface area contributed by atoms with Crippen LogP contribution in [0.2, 0.25) is 0 Å². The summed E-state index contributed by atoms with van der Waals surface area (Å²) in [6.45, 7) is 0. The van der Waals surface area contributed by atoms with E-state index in [0.29, 0.717) is 10.2 Å². The first-order valence-electron chi connectivity index (χ1n) is 9.23. The summed E-state index contributed by atoms with van der Waals surface area (Å²) < 4.78 is 20.1. The molecule has 1 nitrogen and oxygen atoms in total. The van der Waals surface area contributed by atoms with Crippen LogP contribution in [0, 0.1) is 5.82 Å². The Labute approximate surface area is 165 Å². The maximum atomic E-state index is 13.3. The summed E-state index contributed by atoms with van der Waals surface area (Å²) in [6.07, 6.45) is 2.94. The molecule has 0 saturated carbocycles. The fourth-order valence-corrected chi connectivity index (χ4v) is 4.63. The second-order valence-corrected chi connectivity index (χ2v) is 8.00. The molecular weight excluding hydrogens is 403 g/mol. The van der Waals surface area contributed by atoms with Crippen molar-refractivity contribution in [1.82, 2.24) is 0 Å². The lowest BCUT2D eigenvalue weighted by atomic mass is 9.85. The number of hydrogen-bond acceptors (Lipinski definition) is 1. The molecule has 4 aromatic rings. The summed E-state index contributed by atoms with van der Waals surface area (Å²) in [4.78, 5) is 0. The summed E-state index contributed by atoms with van der Waals surface area (Å²) in [6, 6.07) is 22.1. The largest absolute Gasteiger partial charge is 0.489 e. The summed E-state index contributed by atoms with van der Waals surface area (Å²) >= 11 is 3.40. The molecule has 0 fully saturated rings. The van der Waals surface area contributed by atoms with Gasteiger partial charge in [0.05, 0.1) is 4.47 Å².